The maximum atomic E-state index is 11.3. The summed E-state index contributed by atoms with van der Waals surface area (Å²) in [5, 5.41) is 0. The number of esters is 3. The first-order valence-electron chi connectivity index (χ1n) is 6.53. The molecule has 1 aliphatic carbocycles. The van der Waals surface area contributed by atoms with E-state index in [4.69, 9.17) is 9.47 Å². The van der Waals surface area contributed by atoms with E-state index in [0.717, 1.165) is 0 Å². The molecule has 0 heterocycles. The molecule has 0 aromatic carbocycles. The largest absolute Gasteiger partial charge is 0.462 e. The number of carbonyl (C=O) groups is 3. The summed E-state index contributed by atoms with van der Waals surface area (Å²) in [7, 11) is 0. The summed E-state index contributed by atoms with van der Waals surface area (Å²) in [4.78, 5) is 33.0. The molecular formula is C13H20O6. The number of rotatable bonds is 5. The van der Waals surface area contributed by atoms with Crippen LogP contribution in [0.25, 0.3) is 0 Å². The van der Waals surface area contributed by atoms with E-state index in [9.17, 15) is 14.4 Å². The molecule has 0 aliphatic heterocycles. The van der Waals surface area contributed by atoms with Crippen molar-refractivity contribution in [2.24, 2.45) is 0 Å². The molecular weight excluding hydrogens is 252 g/mol. The van der Waals surface area contributed by atoms with Crippen molar-refractivity contribution in [3.8, 4) is 0 Å². The first-order chi connectivity index (χ1) is 9.01. The zero-order valence-electron chi connectivity index (χ0n) is 11.3. The second-order valence-corrected chi connectivity index (χ2v) is 4.51. The Bertz CT molecular complexity index is 330. The summed E-state index contributed by atoms with van der Waals surface area (Å²) in [5.41, 5.74) is 0. The molecule has 1 aliphatic rings. The van der Waals surface area contributed by atoms with Crippen molar-refractivity contribution < 1.29 is 28.6 Å². The van der Waals surface area contributed by atoms with E-state index in [-0.39, 0.29) is 24.8 Å². The molecule has 0 spiro atoms. The maximum absolute atomic E-state index is 11.3. The Morgan fingerprint density at radius 3 is 1.84 bits per heavy atom. The first-order valence-corrected chi connectivity index (χ1v) is 6.53. The molecule has 0 aromatic rings. The molecule has 6 nitrogen and oxygen atoms in total. The number of ether oxygens (including phenoxy) is 3. The fourth-order valence-electron chi connectivity index (χ4n) is 1.92. The second kappa shape index (κ2) is 7.76. The number of hydrogen-bond donors (Lipinski definition) is 0. The SMILES string of the molecule is CCC(=O)OC1CCC(OC(=O)COC(C)=O)CC1. The molecule has 0 saturated heterocycles. The standard InChI is InChI=1S/C13H20O6/c1-3-12(15)18-10-4-6-11(7-5-10)19-13(16)8-17-9(2)14/h10-11H,3-8H2,1-2H3. The average molecular weight is 272 g/mol. The summed E-state index contributed by atoms with van der Waals surface area (Å²) >= 11 is 0. The van der Waals surface area contributed by atoms with Crippen molar-refractivity contribution in [2.45, 2.75) is 58.2 Å². The Kier molecular flexibility index (Phi) is 6.32. The van der Waals surface area contributed by atoms with Gasteiger partial charge >= 0.3 is 17.9 Å². The van der Waals surface area contributed by atoms with Crippen LogP contribution < -0.4 is 0 Å². The van der Waals surface area contributed by atoms with Gasteiger partial charge in [0.1, 0.15) is 12.2 Å². The van der Waals surface area contributed by atoms with Crippen molar-refractivity contribution >= 4 is 17.9 Å². The van der Waals surface area contributed by atoms with Gasteiger partial charge in [-0.3, -0.25) is 9.59 Å². The van der Waals surface area contributed by atoms with Crippen LogP contribution in [0.4, 0.5) is 0 Å². The van der Waals surface area contributed by atoms with E-state index < -0.39 is 11.9 Å². The Balaban J connectivity index is 2.21. The monoisotopic (exact) mass is 272 g/mol. The fourth-order valence-corrected chi connectivity index (χ4v) is 1.92. The van der Waals surface area contributed by atoms with Gasteiger partial charge in [-0.05, 0) is 25.7 Å². The normalized spacial score (nSPS) is 22.4. The summed E-state index contributed by atoms with van der Waals surface area (Å²) < 4.78 is 14.9. The van der Waals surface area contributed by atoms with Crippen LogP contribution in [-0.4, -0.2) is 36.7 Å². The van der Waals surface area contributed by atoms with E-state index in [1.165, 1.54) is 6.92 Å². The zero-order chi connectivity index (χ0) is 14.3. The third-order valence-electron chi connectivity index (χ3n) is 2.90. The van der Waals surface area contributed by atoms with Crippen LogP contribution in [-0.2, 0) is 28.6 Å². The summed E-state index contributed by atoms with van der Waals surface area (Å²) in [6, 6.07) is 0. The lowest BCUT2D eigenvalue weighted by Gasteiger charge is -2.27. The van der Waals surface area contributed by atoms with E-state index in [1.54, 1.807) is 6.92 Å². The Morgan fingerprint density at radius 2 is 1.42 bits per heavy atom. The van der Waals surface area contributed by atoms with Crippen molar-refractivity contribution in [3.05, 3.63) is 0 Å². The smallest absolute Gasteiger partial charge is 0.344 e. The van der Waals surface area contributed by atoms with E-state index in [1.807, 2.05) is 0 Å². The number of hydrogen-bond acceptors (Lipinski definition) is 6. The molecule has 1 saturated carbocycles. The van der Waals surface area contributed by atoms with Crippen LogP contribution in [0, 0.1) is 0 Å². The van der Waals surface area contributed by atoms with Crippen LogP contribution in [0.5, 0.6) is 0 Å². The fraction of sp³-hybridized carbons (Fsp3) is 0.769. The molecule has 0 N–H and O–H groups in total. The van der Waals surface area contributed by atoms with Crippen LogP contribution in [0.2, 0.25) is 0 Å². The van der Waals surface area contributed by atoms with E-state index >= 15 is 0 Å². The highest BCUT2D eigenvalue weighted by Gasteiger charge is 2.26. The highest BCUT2D eigenvalue weighted by Crippen LogP contribution is 2.23. The van der Waals surface area contributed by atoms with Gasteiger partial charge in [0.15, 0.2) is 6.61 Å². The van der Waals surface area contributed by atoms with E-state index in [0.29, 0.717) is 32.1 Å². The molecule has 1 rings (SSSR count). The average Bonchev–Trinajstić information content (AvgIpc) is 2.38. The third kappa shape index (κ3) is 6.22. The maximum Gasteiger partial charge on any atom is 0.344 e. The zero-order valence-corrected chi connectivity index (χ0v) is 11.3. The first kappa shape index (κ1) is 15.5. The van der Waals surface area contributed by atoms with Gasteiger partial charge in [0.2, 0.25) is 0 Å². The lowest BCUT2D eigenvalue weighted by atomic mass is 9.95. The van der Waals surface area contributed by atoms with Gasteiger partial charge in [-0.25, -0.2) is 4.79 Å². The molecule has 1 fully saturated rings. The van der Waals surface area contributed by atoms with Gasteiger partial charge in [0.05, 0.1) is 0 Å². The van der Waals surface area contributed by atoms with Crippen molar-refractivity contribution in [1.29, 1.82) is 0 Å². The van der Waals surface area contributed by atoms with Gasteiger partial charge in [-0.1, -0.05) is 6.92 Å². The van der Waals surface area contributed by atoms with Crippen LogP contribution in [0.1, 0.15) is 46.0 Å². The van der Waals surface area contributed by atoms with Gasteiger partial charge < -0.3 is 14.2 Å². The number of carbonyl (C=O) groups excluding carboxylic acids is 3. The lowest BCUT2D eigenvalue weighted by Crippen LogP contribution is -2.30. The van der Waals surface area contributed by atoms with Crippen molar-refractivity contribution in [3.63, 3.8) is 0 Å². The summed E-state index contributed by atoms with van der Waals surface area (Å²) in [6.07, 6.45) is 2.82. The van der Waals surface area contributed by atoms with Gasteiger partial charge in [-0.15, -0.1) is 0 Å². The minimum absolute atomic E-state index is 0.0733. The lowest BCUT2D eigenvalue weighted by molar-refractivity contribution is -0.165. The highest BCUT2D eigenvalue weighted by molar-refractivity contribution is 5.75. The second-order valence-electron chi connectivity index (χ2n) is 4.51. The van der Waals surface area contributed by atoms with Gasteiger partial charge in [0, 0.05) is 13.3 Å². The van der Waals surface area contributed by atoms with E-state index in [2.05, 4.69) is 4.74 Å². The molecule has 6 heteroatoms. The quantitative estimate of drug-likeness (QED) is 0.555. The Labute approximate surface area is 112 Å². The predicted molar refractivity (Wildman–Crippen MR) is 65.2 cm³/mol. The summed E-state index contributed by atoms with van der Waals surface area (Å²) in [5.74, 6) is -1.24. The third-order valence-corrected chi connectivity index (χ3v) is 2.90. The molecule has 0 unspecified atom stereocenters. The van der Waals surface area contributed by atoms with Crippen molar-refractivity contribution in [1.82, 2.24) is 0 Å². The molecule has 0 bridgehead atoms. The van der Waals surface area contributed by atoms with Crippen LogP contribution in [0.15, 0.2) is 0 Å². The van der Waals surface area contributed by atoms with Gasteiger partial charge in [-0.2, -0.15) is 0 Å². The van der Waals surface area contributed by atoms with Crippen LogP contribution in [0.3, 0.4) is 0 Å². The minimum atomic E-state index is -0.538. The Morgan fingerprint density at radius 1 is 0.947 bits per heavy atom. The molecule has 19 heavy (non-hydrogen) atoms. The highest BCUT2D eigenvalue weighted by atomic mass is 16.6. The molecule has 0 atom stereocenters. The van der Waals surface area contributed by atoms with Crippen molar-refractivity contribution in [2.75, 3.05) is 6.61 Å². The molecule has 0 amide bonds. The molecule has 108 valence electrons. The topological polar surface area (TPSA) is 78.9 Å². The van der Waals surface area contributed by atoms with Gasteiger partial charge in [0.25, 0.3) is 0 Å². The minimum Gasteiger partial charge on any atom is -0.462 e. The van der Waals surface area contributed by atoms with Crippen LogP contribution >= 0.6 is 0 Å². The summed E-state index contributed by atoms with van der Waals surface area (Å²) in [6.45, 7) is 2.64. The predicted octanol–water partition coefficient (Wildman–Crippen LogP) is 1.36. The molecule has 0 radical (unpaired) electrons. The Hall–Kier alpha value is -1.59. The molecule has 0 aromatic heterocycles.